The van der Waals surface area contributed by atoms with Crippen LogP contribution in [-0.2, 0) is 0 Å². The Morgan fingerprint density at radius 3 is 2.86 bits per heavy atom. The highest BCUT2D eigenvalue weighted by Crippen LogP contribution is 2.32. The maximum absolute atomic E-state index is 3.62. The predicted octanol–water partition coefficient (Wildman–Crippen LogP) is 5.14. The summed E-state index contributed by atoms with van der Waals surface area (Å²) in [5.74, 6) is 0.931. The smallest absolute Gasteiger partial charge is 0.0415 e. The van der Waals surface area contributed by atoms with Crippen LogP contribution >= 0.6 is 15.9 Å². The molecule has 1 fully saturated rings. The molecule has 1 aliphatic heterocycles. The van der Waals surface area contributed by atoms with Gasteiger partial charge < -0.3 is 10.2 Å². The quantitative estimate of drug-likeness (QED) is 0.789. The molecule has 1 aliphatic rings. The van der Waals surface area contributed by atoms with E-state index in [0.717, 1.165) is 5.92 Å². The zero-order chi connectivity index (χ0) is 15.2. The first-order valence-corrected chi connectivity index (χ1v) is 9.16. The first-order valence-electron chi connectivity index (χ1n) is 8.37. The molecule has 0 aliphatic carbocycles. The molecule has 1 aromatic carbocycles. The average Bonchev–Trinajstić information content (AvgIpc) is 2.72. The highest BCUT2D eigenvalue weighted by molar-refractivity contribution is 9.10. The fourth-order valence-corrected chi connectivity index (χ4v) is 3.80. The zero-order valence-electron chi connectivity index (χ0n) is 13.7. The third-order valence-corrected chi connectivity index (χ3v) is 5.27. The lowest BCUT2D eigenvalue weighted by atomic mass is 9.96. The predicted molar refractivity (Wildman–Crippen MR) is 96.1 cm³/mol. The zero-order valence-corrected chi connectivity index (χ0v) is 15.2. The van der Waals surface area contributed by atoms with Crippen LogP contribution in [0.2, 0.25) is 0 Å². The Balaban J connectivity index is 2.17. The molecule has 1 heterocycles. The van der Waals surface area contributed by atoms with Crippen molar-refractivity contribution in [2.24, 2.45) is 5.92 Å². The Hall–Kier alpha value is -0.540. The summed E-state index contributed by atoms with van der Waals surface area (Å²) in [5.41, 5.74) is 2.82. The van der Waals surface area contributed by atoms with Crippen molar-refractivity contribution >= 4 is 21.6 Å². The number of nitrogens with zero attached hydrogens (tertiary/aromatic N) is 1. The van der Waals surface area contributed by atoms with E-state index in [1.807, 2.05) is 7.05 Å². The SMILES string of the molecule is CCCC1CCCN(c2ccc(Br)cc2C(C)NC)CC1. The molecule has 2 rings (SSSR count). The lowest BCUT2D eigenvalue weighted by molar-refractivity contribution is 0.435. The van der Waals surface area contributed by atoms with E-state index in [1.165, 1.54) is 60.9 Å². The summed E-state index contributed by atoms with van der Waals surface area (Å²) in [6, 6.07) is 7.11. The van der Waals surface area contributed by atoms with Gasteiger partial charge in [-0.05, 0) is 62.9 Å². The molecule has 2 atom stereocenters. The van der Waals surface area contributed by atoms with Gasteiger partial charge in [-0.25, -0.2) is 0 Å². The highest BCUT2D eigenvalue weighted by atomic mass is 79.9. The van der Waals surface area contributed by atoms with E-state index in [1.54, 1.807) is 0 Å². The first kappa shape index (κ1) is 16.8. The molecule has 1 saturated heterocycles. The normalized spacial score (nSPS) is 21.1. The number of benzene rings is 1. The molecule has 1 N–H and O–H groups in total. The molecule has 0 bridgehead atoms. The van der Waals surface area contributed by atoms with Crippen LogP contribution in [0, 0.1) is 5.92 Å². The van der Waals surface area contributed by atoms with Crippen molar-refractivity contribution in [2.45, 2.75) is 52.0 Å². The van der Waals surface area contributed by atoms with Crippen molar-refractivity contribution in [1.82, 2.24) is 5.32 Å². The third kappa shape index (κ3) is 4.46. The van der Waals surface area contributed by atoms with Crippen molar-refractivity contribution in [3.8, 4) is 0 Å². The fourth-order valence-electron chi connectivity index (χ4n) is 3.42. The molecular formula is C18H29BrN2. The van der Waals surface area contributed by atoms with Crippen LogP contribution in [0.5, 0.6) is 0 Å². The third-order valence-electron chi connectivity index (χ3n) is 4.77. The number of anilines is 1. The summed E-state index contributed by atoms with van der Waals surface area (Å²) < 4.78 is 1.17. The van der Waals surface area contributed by atoms with Gasteiger partial charge in [0.1, 0.15) is 0 Å². The summed E-state index contributed by atoms with van der Waals surface area (Å²) in [4.78, 5) is 2.60. The molecule has 2 nitrogen and oxygen atoms in total. The lowest BCUT2D eigenvalue weighted by Crippen LogP contribution is -2.27. The van der Waals surface area contributed by atoms with E-state index in [0.29, 0.717) is 6.04 Å². The van der Waals surface area contributed by atoms with E-state index in [-0.39, 0.29) is 0 Å². The summed E-state index contributed by atoms with van der Waals surface area (Å²) in [6.07, 6.45) is 6.79. The van der Waals surface area contributed by atoms with E-state index < -0.39 is 0 Å². The van der Waals surface area contributed by atoms with Gasteiger partial charge >= 0.3 is 0 Å². The van der Waals surface area contributed by atoms with Gasteiger partial charge in [0.05, 0.1) is 0 Å². The van der Waals surface area contributed by atoms with Crippen LogP contribution in [-0.4, -0.2) is 20.1 Å². The van der Waals surface area contributed by atoms with Gasteiger partial charge in [-0.2, -0.15) is 0 Å². The number of halogens is 1. The monoisotopic (exact) mass is 352 g/mol. The van der Waals surface area contributed by atoms with Gasteiger partial charge in [-0.3, -0.25) is 0 Å². The highest BCUT2D eigenvalue weighted by Gasteiger charge is 2.20. The van der Waals surface area contributed by atoms with Crippen molar-refractivity contribution in [1.29, 1.82) is 0 Å². The summed E-state index contributed by atoms with van der Waals surface area (Å²) in [7, 11) is 2.04. The van der Waals surface area contributed by atoms with Gasteiger partial charge in [0, 0.05) is 29.3 Å². The molecular weight excluding hydrogens is 324 g/mol. The van der Waals surface area contributed by atoms with E-state index in [2.05, 4.69) is 58.2 Å². The summed E-state index contributed by atoms with van der Waals surface area (Å²) in [6.45, 7) is 6.95. The van der Waals surface area contributed by atoms with Crippen LogP contribution in [0.25, 0.3) is 0 Å². The molecule has 0 spiro atoms. The number of hydrogen-bond acceptors (Lipinski definition) is 2. The number of nitrogens with one attached hydrogen (secondary N) is 1. The summed E-state index contributed by atoms with van der Waals surface area (Å²) in [5, 5.41) is 3.39. The number of rotatable bonds is 5. The van der Waals surface area contributed by atoms with Crippen LogP contribution in [0.4, 0.5) is 5.69 Å². The Bertz CT molecular complexity index is 447. The Labute approximate surface area is 138 Å². The van der Waals surface area contributed by atoms with E-state index >= 15 is 0 Å². The maximum atomic E-state index is 3.62. The lowest BCUT2D eigenvalue weighted by Gasteiger charge is -2.28. The Morgan fingerprint density at radius 2 is 2.14 bits per heavy atom. The molecule has 0 radical (unpaired) electrons. The second-order valence-electron chi connectivity index (χ2n) is 6.29. The Morgan fingerprint density at radius 1 is 1.33 bits per heavy atom. The van der Waals surface area contributed by atoms with Crippen molar-refractivity contribution in [2.75, 3.05) is 25.0 Å². The van der Waals surface area contributed by atoms with Gasteiger partial charge in [-0.1, -0.05) is 35.7 Å². The fraction of sp³-hybridized carbons (Fsp3) is 0.667. The average molecular weight is 353 g/mol. The molecule has 3 heteroatoms. The van der Waals surface area contributed by atoms with E-state index in [4.69, 9.17) is 0 Å². The second-order valence-corrected chi connectivity index (χ2v) is 7.20. The van der Waals surface area contributed by atoms with Crippen molar-refractivity contribution < 1.29 is 0 Å². The van der Waals surface area contributed by atoms with Gasteiger partial charge in [0.15, 0.2) is 0 Å². The molecule has 0 saturated carbocycles. The number of hydrogen-bond donors (Lipinski definition) is 1. The minimum absolute atomic E-state index is 0.382. The molecule has 118 valence electrons. The first-order chi connectivity index (χ1) is 10.2. The Kier molecular flexibility index (Phi) is 6.56. The van der Waals surface area contributed by atoms with Crippen LogP contribution in [0.15, 0.2) is 22.7 Å². The van der Waals surface area contributed by atoms with Crippen LogP contribution < -0.4 is 10.2 Å². The van der Waals surface area contributed by atoms with Gasteiger partial charge in [0.2, 0.25) is 0 Å². The molecule has 2 unspecified atom stereocenters. The van der Waals surface area contributed by atoms with Crippen LogP contribution in [0.3, 0.4) is 0 Å². The molecule has 0 aromatic heterocycles. The van der Waals surface area contributed by atoms with Crippen LogP contribution in [0.1, 0.15) is 57.6 Å². The molecule has 21 heavy (non-hydrogen) atoms. The van der Waals surface area contributed by atoms with E-state index in [9.17, 15) is 0 Å². The van der Waals surface area contributed by atoms with Gasteiger partial charge in [-0.15, -0.1) is 0 Å². The summed E-state index contributed by atoms with van der Waals surface area (Å²) >= 11 is 3.62. The van der Waals surface area contributed by atoms with Gasteiger partial charge in [0.25, 0.3) is 0 Å². The molecule has 1 aromatic rings. The second kappa shape index (κ2) is 8.19. The standard InChI is InChI=1S/C18H29BrN2/c1-4-6-15-7-5-11-21(12-10-15)18-9-8-16(19)13-17(18)14(2)20-3/h8-9,13-15,20H,4-7,10-12H2,1-3H3. The minimum atomic E-state index is 0.382. The minimum Gasteiger partial charge on any atom is -0.371 e. The van der Waals surface area contributed by atoms with Crippen molar-refractivity contribution in [3.63, 3.8) is 0 Å². The molecule has 0 amide bonds. The topological polar surface area (TPSA) is 15.3 Å². The largest absolute Gasteiger partial charge is 0.371 e. The maximum Gasteiger partial charge on any atom is 0.0415 e. The van der Waals surface area contributed by atoms with Crippen molar-refractivity contribution in [3.05, 3.63) is 28.2 Å².